The topological polar surface area (TPSA) is 55.1 Å². The van der Waals surface area contributed by atoms with Crippen LogP contribution in [-0.2, 0) is 4.79 Å². The molecule has 13 heavy (non-hydrogen) atoms. The Hall–Kier alpha value is -0.830. The summed E-state index contributed by atoms with van der Waals surface area (Å²) in [6.45, 7) is 8.43. The molecular weight excluding hydrogens is 164 g/mol. The third-order valence-electron chi connectivity index (χ3n) is 1.81. The van der Waals surface area contributed by atoms with Crippen molar-refractivity contribution in [3.63, 3.8) is 0 Å². The number of nitrogens with one attached hydrogen (secondary N) is 1. The van der Waals surface area contributed by atoms with Crippen LogP contribution in [0.2, 0.25) is 0 Å². The van der Waals surface area contributed by atoms with E-state index in [4.69, 9.17) is 5.73 Å². The lowest BCUT2D eigenvalue weighted by Crippen LogP contribution is -2.43. The average molecular weight is 184 g/mol. The molecule has 0 saturated heterocycles. The van der Waals surface area contributed by atoms with Crippen molar-refractivity contribution in [1.29, 1.82) is 0 Å². The Morgan fingerprint density at radius 3 is 2.38 bits per heavy atom. The summed E-state index contributed by atoms with van der Waals surface area (Å²) in [5.41, 5.74) is 6.84. The number of amides is 1. The second-order valence-electron chi connectivity index (χ2n) is 3.80. The molecule has 3 N–H and O–H groups in total. The number of carbonyl (C=O) groups excluding carboxylic acids is 1. The van der Waals surface area contributed by atoms with Gasteiger partial charge in [0.2, 0.25) is 5.91 Å². The number of allylic oxidation sites excluding steroid dienone is 1. The summed E-state index contributed by atoms with van der Waals surface area (Å²) in [5, 5.41) is 2.75. The first-order chi connectivity index (χ1) is 5.95. The zero-order valence-corrected chi connectivity index (χ0v) is 8.92. The minimum Gasteiger partial charge on any atom is -0.351 e. The first kappa shape index (κ1) is 12.2. The van der Waals surface area contributed by atoms with Crippen LogP contribution in [0.3, 0.4) is 0 Å². The van der Waals surface area contributed by atoms with Crippen molar-refractivity contribution in [2.24, 2.45) is 11.7 Å². The summed E-state index contributed by atoms with van der Waals surface area (Å²) in [6.07, 6.45) is 1.96. The molecule has 0 aliphatic carbocycles. The minimum atomic E-state index is -0.398. The fourth-order valence-electron chi connectivity index (χ4n) is 0.776. The maximum atomic E-state index is 11.3. The zero-order valence-electron chi connectivity index (χ0n) is 8.92. The molecule has 1 atom stereocenters. The largest absolute Gasteiger partial charge is 0.351 e. The van der Waals surface area contributed by atoms with E-state index in [9.17, 15) is 4.79 Å². The molecule has 0 rings (SSSR count). The maximum absolute atomic E-state index is 11.3. The first-order valence-electron chi connectivity index (χ1n) is 4.61. The molecule has 0 fully saturated rings. The van der Waals surface area contributed by atoms with Crippen LogP contribution in [0.1, 0.15) is 27.7 Å². The van der Waals surface area contributed by atoms with E-state index in [-0.39, 0.29) is 11.8 Å². The lowest BCUT2D eigenvalue weighted by molar-refractivity contribution is -0.123. The van der Waals surface area contributed by atoms with Gasteiger partial charge in [0, 0.05) is 6.54 Å². The molecule has 0 aromatic carbocycles. The van der Waals surface area contributed by atoms with E-state index >= 15 is 0 Å². The van der Waals surface area contributed by atoms with Gasteiger partial charge in [-0.1, -0.05) is 25.5 Å². The Kier molecular flexibility index (Phi) is 5.39. The van der Waals surface area contributed by atoms with Crippen molar-refractivity contribution in [2.45, 2.75) is 33.7 Å². The van der Waals surface area contributed by atoms with Gasteiger partial charge in [0.25, 0.3) is 0 Å². The summed E-state index contributed by atoms with van der Waals surface area (Å²) in [7, 11) is 0. The summed E-state index contributed by atoms with van der Waals surface area (Å²) in [6, 6.07) is -0.398. The highest BCUT2D eigenvalue weighted by atomic mass is 16.2. The van der Waals surface area contributed by atoms with Crippen LogP contribution >= 0.6 is 0 Å². The van der Waals surface area contributed by atoms with Crippen LogP contribution in [0.15, 0.2) is 11.6 Å². The third-order valence-corrected chi connectivity index (χ3v) is 1.81. The molecule has 0 spiro atoms. The van der Waals surface area contributed by atoms with Crippen molar-refractivity contribution in [2.75, 3.05) is 6.54 Å². The Bertz CT molecular complexity index is 193. The standard InChI is InChI=1S/C10H20N2O/c1-7(2)5-6-12-10(13)9(11)8(3)4/h5,8-9H,6,11H2,1-4H3,(H,12,13). The fourth-order valence-corrected chi connectivity index (χ4v) is 0.776. The molecule has 1 unspecified atom stereocenters. The van der Waals surface area contributed by atoms with Crippen molar-refractivity contribution < 1.29 is 4.79 Å². The second-order valence-corrected chi connectivity index (χ2v) is 3.80. The highest BCUT2D eigenvalue weighted by molar-refractivity contribution is 5.81. The average Bonchev–Trinajstić information content (AvgIpc) is 2.02. The molecule has 3 nitrogen and oxygen atoms in total. The van der Waals surface area contributed by atoms with Crippen LogP contribution < -0.4 is 11.1 Å². The molecule has 0 bridgehead atoms. The normalized spacial score (nSPS) is 12.5. The molecule has 0 aliphatic rings. The van der Waals surface area contributed by atoms with E-state index in [0.29, 0.717) is 6.54 Å². The van der Waals surface area contributed by atoms with Crippen molar-refractivity contribution >= 4 is 5.91 Å². The molecule has 0 aromatic rings. The number of rotatable bonds is 4. The van der Waals surface area contributed by atoms with E-state index in [1.54, 1.807) is 0 Å². The van der Waals surface area contributed by atoms with Crippen molar-refractivity contribution in [3.8, 4) is 0 Å². The van der Waals surface area contributed by atoms with Crippen LogP contribution in [0.5, 0.6) is 0 Å². The van der Waals surface area contributed by atoms with E-state index in [0.717, 1.165) is 0 Å². The first-order valence-corrected chi connectivity index (χ1v) is 4.61. The Labute approximate surface area is 80.4 Å². The van der Waals surface area contributed by atoms with Gasteiger partial charge in [-0.15, -0.1) is 0 Å². The summed E-state index contributed by atoms with van der Waals surface area (Å²) < 4.78 is 0. The number of nitrogens with two attached hydrogens (primary N) is 1. The van der Waals surface area contributed by atoms with Gasteiger partial charge in [0.15, 0.2) is 0 Å². The van der Waals surface area contributed by atoms with Gasteiger partial charge in [-0.05, 0) is 19.8 Å². The Morgan fingerprint density at radius 2 is 2.00 bits per heavy atom. The SMILES string of the molecule is CC(C)=CCNC(=O)C(N)C(C)C. The van der Waals surface area contributed by atoms with E-state index < -0.39 is 6.04 Å². The number of hydrogen-bond acceptors (Lipinski definition) is 2. The predicted octanol–water partition coefficient (Wildman–Crippen LogP) is 1.05. The summed E-state index contributed by atoms with van der Waals surface area (Å²) in [4.78, 5) is 11.3. The zero-order chi connectivity index (χ0) is 10.4. The van der Waals surface area contributed by atoms with Crippen molar-refractivity contribution in [3.05, 3.63) is 11.6 Å². The smallest absolute Gasteiger partial charge is 0.237 e. The minimum absolute atomic E-state index is 0.0764. The summed E-state index contributed by atoms with van der Waals surface area (Å²) in [5.74, 6) is 0.110. The van der Waals surface area contributed by atoms with Crippen molar-refractivity contribution in [1.82, 2.24) is 5.32 Å². The highest BCUT2D eigenvalue weighted by Gasteiger charge is 2.15. The highest BCUT2D eigenvalue weighted by Crippen LogP contribution is 1.97. The summed E-state index contributed by atoms with van der Waals surface area (Å²) >= 11 is 0. The monoisotopic (exact) mass is 184 g/mol. The quantitative estimate of drug-likeness (QED) is 0.642. The Balaban J connectivity index is 3.82. The van der Waals surface area contributed by atoms with Crippen LogP contribution in [0, 0.1) is 5.92 Å². The number of carbonyl (C=O) groups is 1. The lowest BCUT2D eigenvalue weighted by atomic mass is 10.1. The molecule has 0 heterocycles. The van der Waals surface area contributed by atoms with Gasteiger partial charge in [0.1, 0.15) is 0 Å². The van der Waals surface area contributed by atoms with Crippen LogP contribution in [0.25, 0.3) is 0 Å². The van der Waals surface area contributed by atoms with Gasteiger partial charge >= 0.3 is 0 Å². The van der Waals surface area contributed by atoms with E-state index in [1.165, 1.54) is 5.57 Å². The lowest BCUT2D eigenvalue weighted by Gasteiger charge is -2.14. The molecule has 76 valence electrons. The van der Waals surface area contributed by atoms with Crippen LogP contribution in [-0.4, -0.2) is 18.5 Å². The van der Waals surface area contributed by atoms with Crippen LogP contribution in [0.4, 0.5) is 0 Å². The van der Waals surface area contributed by atoms with E-state index in [2.05, 4.69) is 5.32 Å². The molecule has 0 aromatic heterocycles. The van der Waals surface area contributed by atoms with Gasteiger partial charge in [0.05, 0.1) is 6.04 Å². The molecule has 0 radical (unpaired) electrons. The second kappa shape index (κ2) is 5.75. The molecule has 0 saturated carbocycles. The van der Waals surface area contributed by atoms with Gasteiger partial charge in [-0.25, -0.2) is 0 Å². The fraction of sp³-hybridized carbons (Fsp3) is 0.700. The van der Waals surface area contributed by atoms with Gasteiger partial charge in [-0.2, -0.15) is 0 Å². The van der Waals surface area contributed by atoms with Gasteiger partial charge in [-0.3, -0.25) is 4.79 Å². The Morgan fingerprint density at radius 1 is 1.46 bits per heavy atom. The molecule has 0 aliphatic heterocycles. The molecule has 3 heteroatoms. The third kappa shape index (κ3) is 5.42. The number of hydrogen-bond donors (Lipinski definition) is 2. The molecule has 1 amide bonds. The maximum Gasteiger partial charge on any atom is 0.237 e. The van der Waals surface area contributed by atoms with Gasteiger partial charge < -0.3 is 11.1 Å². The molecular formula is C10H20N2O. The van der Waals surface area contributed by atoms with E-state index in [1.807, 2.05) is 33.8 Å². The predicted molar refractivity (Wildman–Crippen MR) is 55.3 cm³/mol.